The van der Waals surface area contributed by atoms with Crippen molar-refractivity contribution in [3.8, 4) is 11.1 Å². The molecule has 1 aliphatic heterocycles. The Morgan fingerprint density at radius 1 is 0.912 bits per heavy atom. The van der Waals surface area contributed by atoms with Crippen LogP contribution in [0, 0.1) is 11.7 Å². The maximum atomic E-state index is 13.5. The monoisotopic (exact) mass is 460 g/mol. The van der Waals surface area contributed by atoms with Crippen LogP contribution in [0.25, 0.3) is 11.1 Å². The molecule has 0 aromatic heterocycles. The first-order chi connectivity index (χ1) is 16.2. The molecule has 0 aliphatic carbocycles. The number of ether oxygens (including phenoxy) is 1. The summed E-state index contributed by atoms with van der Waals surface area (Å²) in [5.41, 5.74) is 2.90. The Morgan fingerprint density at radius 2 is 1.59 bits per heavy atom. The van der Waals surface area contributed by atoms with Crippen LogP contribution in [0.3, 0.4) is 0 Å². The van der Waals surface area contributed by atoms with Gasteiger partial charge in [-0.05, 0) is 61.7 Å². The van der Waals surface area contributed by atoms with Crippen molar-refractivity contribution in [2.24, 2.45) is 5.92 Å². The molecule has 3 aromatic carbocycles. The molecule has 0 radical (unpaired) electrons. The van der Waals surface area contributed by atoms with E-state index < -0.39 is 17.6 Å². The molecule has 34 heavy (non-hydrogen) atoms. The minimum Gasteiger partial charge on any atom is -0.444 e. The number of anilines is 1. The lowest BCUT2D eigenvalue weighted by Gasteiger charge is -2.24. The van der Waals surface area contributed by atoms with E-state index in [1.807, 2.05) is 75.4 Å². The molecule has 0 unspecified atom stereocenters. The van der Waals surface area contributed by atoms with Crippen LogP contribution in [0.15, 0.2) is 78.9 Å². The van der Waals surface area contributed by atoms with E-state index in [2.05, 4.69) is 5.32 Å². The molecule has 0 spiro atoms. The van der Waals surface area contributed by atoms with E-state index >= 15 is 0 Å². The second-order valence-corrected chi connectivity index (χ2v) is 9.59. The van der Waals surface area contributed by atoms with Gasteiger partial charge >= 0.3 is 6.09 Å². The molecule has 2 amide bonds. The zero-order valence-corrected chi connectivity index (χ0v) is 19.6. The minimum atomic E-state index is -0.638. The lowest BCUT2D eigenvalue weighted by atomic mass is 9.88. The largest absolute Gasteiger partial charge is 0.444 e. The lowest BCUT2D eigenvalue weighted by molar-refractivity contribution is -0.119. The Labute approximate surface area is 199 Å². The van der Waals surface area contributed by atoms with E-state index in [1.165, 1.54) is 12.1 Å². The highest BCUT2D eigenvalue weighted by Gasteiger charge is 2.41. The molecule has 3 aromatic rings. The predicted octanol–water partition coefficient (Wildman–Crippen LogP) is 6.08. The fraction of sp³-hybridized carbons (Fsp3) is 0.286. The molecule has 4 rings (SSSR count). The average molecular weight is 461 g/mol. The van der Waals surface area contributed by atoms with Gasteiger partial charge in [0.2, 0.25) is 5.91 Å². The quantitative estimate of drug-likeness (QED) is 0.513. The van der Waals surface area contributed by atoms with E-state index in [9.17, 15) is 14.0 Å². The van der Waals surface area contributed by atoms with Crippen molar-refractivity contribution in [1.29, 1.82) is 0 Å². The molecule has 1 fully saturated rings. The van der Waals surface area contributed by atoms with Gasteiger partial charge in [0.05, 0.1) is 5.92 Å². The van der Waals surface area contributed by atoms with Gasteiger partial charge < -0.3 is 15.0 Å². The van der Waals surface area contributed by atoms with Crippen molar-refractivity contribution in [2.75, 3.05) is 18.4 Å². The maximum Gasteiger partial charge on any atom is 0.410 e. The highest BCUT2D eigenvalue weighted by molar-refractivity contribution is 5.94. The van der Waals surface area contributed by atoms with Gasteiger partial charge in [0.25, 0.3) is 0 Å². The van der Waals surface area contributed by atoms with E-state index in [0.717, 1.165) is 16.7 Å². The Morgan fingerprint density at radius 3 is 2.26 bits per heavy atom. The average Bonchev–Trinajstić information content (AvgIpc) is 3.25. The van der Waals surface area contributed by atoms with Gasteiger partial charge in [-0.3, -0.25) is 4.79 Å². The Bertz CT molecular complexity index is 1160. The van der Waals surface area contributed by atoms with Crippen LogP contribution in [0.4, 0.5) is 14.9 Å². The smallest absolute Gasteiger partial charge is 0.410 e. The van der Waals surface area contributed by atoms with E-state index in [1.54, 1.807) is 17.0 Å². The van der Waals surface area contributed by atoms with Gasteiger partial charge in [-0.15, -0.1) is 0 Å². The topological polar surface area (TPSA) is 58.6 Å². The SMILES string of the molecule is CC(C)(C)OC(=O)N1C[C@@H](C(=O)Nc2cccc(-c3ccccc3)c2)[C@H](c2ccc(F)cc2)C1. The summed E-state index contributed by atoms with van der Waals surface area (Å²) in [5, 5.41) is 3.02. The zero-order valence-electron chi connectivity index (χ0n) is 19.6. The summed E-state index contributed by atoms with van der Waals surface area (Å²) in [5.74, 6) is -1.31. The van der Waals surface area contributed by atoms with Crippen LogP contribution in [0.1, 0.15) is 32.3 Å². The highest BCUT2D eigenvalue weighted by atomic mass is 19.1. The molecule has 1 aliphatic rings. The zero-order chi connectivity index (χ0) is 24.3. The lowest BCUT2D eigenvalue weighted by Crippen LogP contribution is -2.36. The number of rotatable bonds is 4. The number of hydrogen-bond donors (Lipinski definition) is 1. The summed E-state index contributed by atoms with van der Waals surface area (Å²) in [6.45, 7) is 5.97. The van der Waals surface area contributed by atoms with Crippen molar-refractivity contribution in [3.63, 3.8) is 0 Å². The van der Waals surface area contributed by atoms with Crippen LogP contribution in [0.2, 0.25) is 0 Å². The number of hydrogen-bond acceptors (Lipinski definition) is 3. The van der Waals surface area contributed by atoms with Crippen molar-refractivity contribution in [2.45, 2.75) is 32.3 Å². The van der Waals surface area contributed by atoms with Crippen LogP contribution in [0.5, 0.6) is 0 Å². The third-order valence-corrected chi connectivity index (χ3v) is 5.84. The second kappa shape index (κ2) is 9.67. The number of amides is 2. The molecule has 6 heteroatoms. The van der Waals surface area contributed by atoms with E-state index in [-0.39, 0.29) is 24.2 Å². The molecule has 0 bridgehead atoms. The van der Waals surface area contributed by atoms with Crippen LogP contribution >= 0.6 is 0 Å². The van der Waals surface area contributed by atoms with E-state index in [0.29, 0.717) is 12.2 Å². The summed E-state index contributed by atoms with van der Waals surface area (Å²) in [4.78, 5) is 27.7. The number of halogens is 1. The fourth-order valence-electron chi connectivity index (χ4n) is 4.23. The molecule has 1 heterocycles. The molecule has 5 nitrogen and oxygen atoms in total. The van der Waals surface area contributed by atoms with Crippen LogP contribution < -0.4 is 5.32 Å². The van der Waals surface area contributed by atoms with Gasteiger partial charge in [-0.25, -0.2) is 9.18 Å². The Hall–Kier alpha value is -3.67. The van der Waals surface area contributed by atoms with Crippen LogP contribution in [-0.4, -0.2) is 35.6 Å². The first kappa shape index (κ1) is 23.5. The number of benzene rings is 3. The van der Waals surface area contributed by atoms with Crippen molar-refractivity contribution in [3.05, 3.63) is 90.2 Å². The molecular formula is C28H29FN2O3. The predicted molar refractivity (Wildman–Crippen MR) is 131 cm³/mol. The van der Waals surface area contributed by atoms with Gasteiger partial charge in [0, 0.05) is 24.7 Å². The maximum absolute atomic E-state index is 13.5. The summed E-state index contributed by atoms with van der Waals surface area (Å²) in [7, 11) is 0. The molecular weight excluding hydrogens is 431 g/mol. The van der Waals surface area contributed by atoms with Gasteiger partial charge in [0.1, 0.15) is 11.4 Å². The number of nitrogens with zero attached hydrogens (tertiary/aromatic N) is 1. The first-order valence-corrected chi connectivity index (χ1v) is 11.4. The molecule has 1 N–H and O–H groups in total. The highest BCUT2D eigenvalue weighted by Crippen LogP contribution is 2.35. The Kier molecular flexibility index (Phi) is 6.68. The molecule has 1 saturated heterocycles. The summed E-state index contributed by atoms with van der Waals surface area (Å²) >= 11 is 0. The van der Waals surface area contributed by atoms with Gasteiger partial charge in [-0.1, -0.05) is 54.6 Å². The van der Waals surface area contributed by atoms with E-state index in [4.69, 9.17) is 4.74 Å². The fourth-order valence-corrected chi connectivity index (χ4v) is 4.23. The number of likely N-dealkylation sites (tertiary alicyclic amines) is 1. The van der Waals surface area contributed by atoms with Gasteiger partial charge in [-0.2, -0.15) is 0 Å². The third-order valence-electron chi connectivity index (χ3n) is 5.84. The number of nitrogens with one attached hydrogen (secondary N) is 1. The first-order valence-electron chi connectivity index (χ1n) is 11.4. The number of carbonyl (C=O) groups excluding carboxylic acids is 2. The summed E-state index contributed by atoms with van der Waals surface area (Å²) in [6, 6.07) is 23.7. The summed E-state index contributed by atoms with van der Waals surface area (Å²) in [6.07, 6.45) is -0.457. The molecule has 2 atom stereocenters. The van der Waals surface area contributed by atoms with Gasteiger partial charge in [0.15, 0.2) is 0 Å². The number of carbonyl (C=O) groups is 2. The third kappa shape index (κ3) is 5.63. The van der Waals surface area contributed by atoms with Crippen molar-refractivity contribution >= 4 is 17.7 Å². The molecule has 0 saturated carbocycles. The second-order valence-electron chi connectivity index (χ2n) is 9.59. The minimum absolute atomic E-state index is 0.189. The Balaban J connectivity index is 1.56. The van der Waals surface area contributed by atoms with Crippen LogP contribution in [-0.2, 0) is 9.53 Å². The molecule has 176 valence electrons. The summed E-state index contributed by atoms with van der Waals surface area (Å²) < 4.78 is 19.1. The van der Waals surface area contributed by atoms with Crippen molar-refractivity contribution < 1.29 is 18.7 Å². The normalized spacial score (nSPS) is 17.9. The standard InChI is InChI=1S/C28H29FN2O3/c1-28(2,3)34-27(33)31-17-24(20-12-14-22(29)15-13-20)25(18-31)26(32)30-23-11-7-10-21(16-23)19-8-5-4-6-9-19/h4-16,24-25H,17-18H2,1-3H3,(H,30,32)/t24-,25+/m0/s1. The van der Waals surface area contributed by atoms with Crippen molar-refractivity contribution in [1.82, 2.24) is 4.90 Å².